The number of allylic oxidation sites excluding steroid dienone is 2. The van der Waals surface area contributed by atoms with E-state index in [1.54, 1.807) is 0 Å². The van der Waals surface area contributed by atoms with E-state index < -0.39 is 0 Å². The molecule has 0 aromatic carbocycles. The van der Waals surface area contributed by atoms with Crippen molar-refractivity contribution in [2.75, 3.05) is 0 Å². The summed E-state index contributed by atoms with van der Waals surface area (Å²) in [6.07, 6.45) is 3.90. The highest BCUT2D eigenvalue weighted by atomic mass is 14.6. The molecule has 0 heterocycles. The first-order valence-electron chi connectivity index (χ1n) is 3.18. The van der Waals surface area contributed by atoms with Crippen LogP contribution in [-0.4, -0.2) is 0 Å². The molecule has 0 saturated heterocycles. The molecule has 1 fully saturated rings. The summed E-state index contributed by atoms with van der Waals surface area (Å²) in [5.41, 5.74) is 7.66. The van der Waals surface area contributed by atoms with Crippen LogP contribution in [0.4, 0.5) is 0 Å². The van der Waals surface area contributed by atoms with Crippen LogP contribution in [0.2, 0.25) is 0 Å². The minimum atomic E-state index is 0.412. The molecule has 0 unspecified atom stereocenters. The van der Waals surface area contributed by atoms with Gasteiger partial charge in [0.25, 0.3) is 0 Å². The Morgan fingerprint density at radius 3 is 2.67 bits per heavy atom. The molecule has 0 aliphatic heterocycles. The maximum atomic E-state index is 8.24. The zero-order valence-corrected chi connectivity index (χ0v) is 5.35. The van der Waals surface area contributed by atoms with Gasteiger partial charge in [0.2, 0.25) is 0 Å². The molecule has 48 valence electrons. The van der Waals surface area contributed by atoms with E-state index in [-0.39, 0.29) is 0 Å². The van der Waals surface area contributed by atoms with Crippen LogP contribution in [0.25, 0.3) is 0 Å². The van der Waals surface area contributed by atoms with Crippen molar-refractivity contribution in [3.8, 4) is 6.07 Å². The van der Waals surface area contributed by atoms with Gasteiger partial charge in [-0.1, -0.05) is 5.57 Å². The second-order valence-corrected chi connectivity index (χ2v) is 2.32. The van der Waals surface area contributed by atoms with Crippen molar-refractivity contribution in [1.82, 2.24) is 0 Å². The molecular formula is C7H10N2. The standard InChI is InChI=1S/C7H10N2/c8-5-4-7(9)6-2-1-3-6/h1-4,9H2. The van der Waals surface area contributed by atoms with Gasteiger partial charge in [-0.3, -0.25) is 0 Å². The number of hydrogen-bond acceptors (Lipinski definition) is 2. The molecule has 0 amide bonds. The van der Waals surface area contributed by atoms with Crippen molar-refractivity contribution in [2.45, 2.75) is 25.7 Å². The van der Waals surface area contributed by atoms with Crippen LogP contribution in [0.1, 0.15) is 25.7 Å². The van der Waals surface area contributed by atoms with Crippen molar-refractivity contribution in [3.63, 3.8) is 0 Å². The van der Waals surface area contributed by atoms with Crippen LogP contribution in [-0.2, 0) is 0 Å². The highest BCUT2D eigenvalue weighted by molar-refractivity contribution is 5.19. The zero-order valence-electron chi connectivity index (χ0n) is 5.35. The van der Waals surface area contributed by atoms with E-state index in [2.05, 4.69) is 0 Å². The average molecular weight is 122 g/mol. The normalized spacial score (nSPS) is 16.1. The lowest BCUT2D eigenvalue weighted by molar-refractivity contribution is 0.645. The fourth-order valence-corrected chi connectivity index (χ4v) is 0.885. The maximum absolute atomic E-state index is 8.24. The van der Waals surface area contributed by atoms with Gasteiger partial charge >= 0.3 is 0 Å². The lowest BCUT2D eigenvalue weighted by Crippen LogP contribution is -2.08. The smallest absolute Gasteiger partial charge is 0.0746 e. The molecule has 0 aromatic heterocycles. The topological polar surface area (TPSA) is 49.8 Å². The molecule has 0 spiro atoms. The molecule has 2 nitrogen and oxygen atoms in total. The second kappa shape index (κ2) is 2.54. The van der Waals surface area contributed by atoms with Gasteiger partial charge in [0, 0.05) is 5.70 Å². The lowest BCUT2D eigenvalue weighted by Gasteiger charge is -2.17. The van der Waals surface area contributed by atoms with E-state index in [9.17, 15) is 0 Å². The van der Waals surface area contributed by atoms with Crippen LogP contribution < -0.4 is 5.73 Å². The minimum Gasteiger partial charge on any atom is -0.401 e. The Labute approximate surface area is 55.0 Å². The fraction of sp³-hybridized carbons (Fsp3) is 0.571. The van der Waals surface area contributed by atoms with Gasteiger partial charge in [-0.2, -0.15) is 5.26 Å². The molecule has 1 rings (SSSR count). The van der Waals surface area contributed by atoms with Gasteiger partial charge in [0.1, 0.15) is 0 Å². The Morgan fingerprint density at radius 2 is 2.33 bits per heavy atom. The number of nitriles is 1. The molecular weight excluding hydrogens is 112 g/mol. The molecule has 0 aromatic rings. The third-order valence-electron chi connectivity index (χ3n) is 1.68. The molecule has 1 saturated carbocycles. The first kappa shape index (κ1) is 6.15. The maximum Gasteiger partial charge on any atom is 0.0746 e. The Kier molecular flexibility index (Phi) is 1.74. The molecule has 1 aliphatic rings. The first-order chi connectivity index (χ1) is 4.34. The summed E-state index contributed by atoms with van der Waals surface area (Å²) in [6.45, 7) is 0. The zero-order chi connectivity index (χ0) is 6.69. The SMILES string of the molecule is N#CCC(N)=C1CCC1. The third kappa shape index (κ3) is 1.23. The third-order valence-corrected chi connectivity index (χ3v) is 1.68. The molecule has 2 N–H and O–H groups in total. The van der Waals surface area contributed by atoms with Crippen molar-refractivity contribution < 1.29 is 0 Å². The van der Waals surface area contributed by atoms with Crippen LogP contribution >= 0.6 is 0 Å². The number of nitrogens with zero attached hydrogens (tertiary/aromatic N) is 1. The first-order valence-corrected chi connectivity index (χ1v) is 3.18. The quantitative estimate of drug-likeness (QED) is 0.569. The second-order valence-electron chi connectivity index (χ2n) is 2.32. The molecule has 0 radical (unpaired) electrons. The van der Waals surface area contributed by atoms with Gasteiger partial charge < -0.3 is 5.73 Å². The molecule has 9 heavy (non-hydrogen) atoms. The summed E-state index contributed by atoms with van der Waals surface area (Å²) in [5.74, 6) is 0. The van der Waals surface area contributed by atoms with E-state index in [1.807, 2.05) is 6.07 Å². The van der Waals surface area contributed by atoms with Crippen LogP contribution in [0.15, 0.2) is 11.3 Å². The lowest BCUT2D eigenvalue weighted by atomic mass is 9.90. The van der Waals surface area contributed by atoms with Crippen LogP contribution in [0, 0.1) is 11.3 Å². The van der Waals surface area contributed by atoms with Crippen LogP contribution in [0.5, 0.6) is 0 Å². The van der Waals surface area contributed by atoms with Gasteiger partial charge in [-0.15, -0.1) is 0 Å². The van der Waals surface area contributed by atoms with Gasteiger partial charge in [0.15, 0.2) is 0 Å². The van der Waals surface area contributed by atoms with Crippen molar-refractivity contribution >= 4 is 0 Å². The number of rotatable bonds is 1. The summed E-state index contributed by atoms with van der Waals surface area (Å²) >= 11 is 0. The van der Waals surface area contributed by atoms with E-state index in [4.69, 9.17) is 11.0 Å². The fourth-order valence-electron chi connectivity index (χ4n) is 0.885. The van der Waals surface area contributed by atoms with E-state index in [0.29, 0.717) is 6.42 Å². The van der Waals surface area contributed by atoms with E-state index >= 15 is 0 Å². The van der Waals surface area contributed by atoms with Crippen molar-refractivity contribution in [2.24, 2.45) is 5.73 Å². The summed E-state index contributed by atoms with van der Waals surface area (Å²) < 4.78 is 0. The Morgan fingerprint density at radius 1 is 1.67 bits per heavy atom. The number of nitrogens with two attached hydrogens (primary N) is 1. The monoisotopic (exact) mass is 122 g/mol. The molecule has 1 aliphatic carbocycles. The Hall–Kier alpha value is -0.970. The van der Waals surface area contributed by atoms with E-state index in [1.165, 1.54) is 12.0 Å². The highest BCUT2D eigenvalue weighted by Gasteiger charge is 2.11. The summed E-state index contributed by atoms with van der Waals surface area (Å²) in [4.78, 5) is 0. The predicted octanol–water partition coefficient (Wildman–Crippen LogP) is 1.30. The highest BCUT2D eigenvalue weighted by Crippen LogP contribution is 2.27. The average Bonchev–Trinajstić information content (AvgIpc) is 1.60. The van der Waals surface area contributed by atoms with E-state index in [0.717, 1.165) is 18.5 Å². The van der Waals surface area contributed by atoms with Crippen molar-refractivity contribution in [3.05, 3.63) is 11.3 Å². The molecule has 0 atom stereocenters. The molecule has 0 bridgehead atoms. The predicted molar refractivity (Wildman–Crippen MR) is 35.3 cm³/mol. The van der Waals surface area contributed by atoms with Crippen LogP contribution in [0.3, 0.4) is 0 Å². The molecule has 2 heteroatoms. The summed E-state index contributed by atoms with van der Waals surface area (Å²) in [5, 5.41) is 8.24. The van der Waals surface area contributed by atoms with Gasteiger partial charge in [-0.05, 0) is 19.3 Å². The van der Waals surface area contributed by atoms with Gasteiger partial charge in [-0.25, -0.2) is 0 Å². The summed E-state index contributed by atoms with van der Waals surface area (Å²) in [7, 11) is 0. The minimum absolute atomic E-state index is 0.412. The largest absolute Gasteiger partial charge is 0.401 e. The Balaban J connectivity index is 2.48. The van der Waals surface area contributed by atoms with Gasteiger partial charge in [0.05, 0.1) is 12.5 Å². The van der Waals surface area contributed by atoms with Crippen molar-refractivity contribution in [1.29, 1.82) is 5.26 Å². The number of hydrogen-bond donors (Lipinski definition) is 1. The summed E-state index contributed by atoms with van der Waals surface area (Å²) in [6, 6.07) is 2.03. The Bertz CT molecular complexity index is 168.